The van der Waals surface area contributed by atoms with Crippen molar-refractivity contribution in [2.45, 2.75) is 25.6 Å². The van der Waals surface area contributed by atoms with Gasteiger partial charge in [0.25, 0.3) is 5.91 Å². The van der Waals surface area contributed by atoms with Crippen molar-refractivity contribution in [3.05, 3.63) is 76.6 Å². The van der Waals surface area contributed by atoms with E-state index in [4.69, 9.17) is 16.3 Å². The Morgan fingerprint density at radius 2 is 1.97 bits per heavy atom. The molecule has 8 nitrogen and oxygen atoms in total. The number of aromatic amines is 1. The van der Waals surface area contributed by atoms with Gasteiger partial charge < -0.3 is 20.1 Å². The lowest BCUT2D eigenvalue weighted by atomic mass is 10.0. The zero-order chi connectivity index (χ0) is 26.0. The standard InChI is InChI=1S/C24H20ClF3N4O4/c1-13-5-4-6-15-14(11-29-22(13)15)9-17(23(34)35)30-20(33)12-36-21-10-19(24(26,27)28)31-32(21)18-8-3-2-7-16(18)25/h2-8,10-11,17,29H,9,12H2,1H3,(H,30,33)(H,34,35). The molecule has 0 aliphatic rings. The maximum absolute atomic E-state index is 13.3. The van der Waals surface area contributed by atoms with E-state index in [-0.39, 0.29) is 23.0 Å². The molecule has 0 fully saturated rings. The number of benzene rings is 2. The number of halogens is 4. The van der Waals surface area contributed by atoms with E-state index in [1.807, 2.05) is 25.1 Å². The van der Waals surface area contributed by atoms with Crippen LogP contribution in [0.15, 0.2) is 54.7 Å². The number of rotatable bonds is 8. The third kappa shape index (κ3) is 5.30. The smallest absolute Gasteiger partial charge is 0.435 e. The van der Waals surface area contributed by atoms with Gasteiger partial charge in [0.15, 0.2) is 12.3 Å². The van der Waals surface area contributed by atoms with E-state index in [1.165, 1.54) is 12.1 Å². The Kier molecular flexibility index (Phi) is 6.93. The van der Waals surface area contributed by atoms with E-state index in [2.05, 4.69) is 15.4 Å². The second kappa shape index (κ2) is 9.94. The fourth-order valence-corrected chi connectivity index (χ4v) is 3.95. The van der Waals surface area contributed by atoms with Crippen molar-refractivity contribution in [2.75, 3.05) is 6.61 Å². The number of aliphatic carboxylic acids is 1. The maximum atomic E-state index is 13.3. The number of carboxylic acid groups (broad SMARTS) is 1. The molecule has 0 aliphatic heterocycles. The van der Waals surface area contributed by atoms with Gasteiger partial charge in [-0.15, -0.1) is 0 Å². The van der Waals surface area contributed by atoms with E-state index < -0.39 is 36.4 Å². The van der Waals surface area contributed by atoms with Crippen LogP contribution in [0.3, 0.4) is 0 Å². The minimum atomic E-state index is -4.76. The van der Waals surface area contributed by atoms with E-state index in [0.29, 0.717) is 11.6 Å². The molecule has 4 rings (SSSR count). The van der Waals surface area contributed by atoms with Gasteiger partial charge in [-0.05, 0) is 30.2 Å². The molecule has 0 aliphatic carbocycles. The number of amides is 1. The van der Waals surface area contributed by atoms with Crippen molar-refractivity contribution >= 4 is 34.4 Å². The van der Waals surface area contributed by atoms with Crippen LogP contribution in [0.4, 0.5) is 13.2 Å². The maximum Gasteiger partial charge on any atom is 0.435 e. The number of carbonyl (C=O) groups excluding carboxylic acids is 1. The zero-order valence-electron chi connectivity index (χ0n) is 18.8. The zero-order valence-corrected chi connectivity index (χ0v) is 19.5. The second-order valence-corrected chi connectivity index (χ2v) is 8.40. The Hall–Kier alpha value is -3.99. The first-order chi connectivity index (χ1) is 17.0. The second-order valence-electron chi connectivity index (χ2n) is 7.99. The van der Waals surface area contributed by atoms with E-state index >= 15 is 0 Å². The number of hydrogen-bond acceptors (Lipinski definition) is 4. The molecular formula is C24H20ClF3N4O4. The molecule has 1 amide bonds. The van der Waals surface area contributed by atoms with Gasteiger partial charge in [0.2, 0.25) is 5.88 Å². The van der Waals surface area contributed by atoms with E-state index in [1.54, 1.807) is 18.3 Å². The number of nitrogens with one attached hydrogen (secondary N) is 2. The largest absolute Gasteiger partial charge is 0.480 e. The molecule has 188 valence electrons. The summed E-state index contributed by atoms with van der Waals surface area (Å²) in [4.78, 5) is 27.4. The predicted octanol–water partition coefficient (Wildman–Crippen LogP) is 4.53. The monoisotopic (exact) mass is 520 g/mol. The summed E-state index contributed by atoms with van der Waals surface area (Å²) in [6.45, 7) is 1.16. The van der Waals surface area contributed by atoms with E-state index in [9.17, 15) is 27.9 Å². The Balaban J connectivity index is 1.50. The molecule has 0 bridgehead atoms. The molecule has 1 atom stereocenters. The van der Waals surface area contributed by atoms with Gasteiger partial charge >= 0.3 is 12.1 Å². The Bertz CT molecular complexity index is 1430. The summed E-state index contributed by atoms with van der Waals surface area (Å²) in [5, 5.41) is 16.4. The molecule has 36 heavy (non-hydrogen) atoms. The third-order valence-electron chi connectivity index (χ3n) is 5.47. The summed E-state index contributed by atoms with van der Waals surface area (Å²) in [6.07, 6.45) is -3.10. The topological polar surface area (TPSA) is 109 Å². The highest BCUT2D eigenvalue weighted by molar-refractivity contribution is 6.32. The van der Waals surface area contributed by atoms with E-state index in [0.717, 1.165) is 21.1 Å². The molecule has 2 heterocycles. The molecule has 1 unspecified atom stereocenters. The first-order valence-electron chi connectivity index (χ1n) is 10.7. The number of ether oxygens (including phenoxy) is 1. The highest BCUT2D eigenvalue weighted by Crippen LogP contribution is 2.33. The van der Waals surface area contributed by atoms with Crippen LogP contribution >= 0.6 is 11.6 Å². The minimum absolute atomic E-state index is 0.0136. The number of hydrogen-bond donors (Lipinski definition) is 3. The van der Waals surface area contributed by atoms with Crippen LogP contribution in [0.1, 0.15) is 16.8 Å². The summed E-state index contributed by atoms with van der Waals surface area (Å²) < 4.78 is 45.9. The molecule has 4 aromatic rings. The summed E-state index contributed by atoms with van der Waals surface area (Å²) in [6, 6.07) is 11.0. The van der Waals surface area contributed by atoms with Crippen molar-refractivity contribution in [3.63, 3.8) is 0 Å². The van der Waals surface area contributed by atoms with Crippen LogP contribution < -0.4 is 10.1 Å². The fraction of sp³-hybridized carbons (Fsp3) is 0.208. The Morgan fingerprint density at radius 3 is 2.67 bits per heavy atom. The van der Waals surface area contributed by atoms with Crippen molar-refractivity contribution in [2.24, 2.45) is 0 Å². The van der Waals surface area contributed by atoms with Gasteiger partial charge in [-0.1, -0.05) is 41.9 Å². The molecular weight excluding hydrogens is 501 g/mol. The molecule has 0 radical (unpaired) electrons. The average Bonchev–Trinajstić information content (AvgIpc) is 3.43. The predicted molar refractivity (Wildman–Crippen MR) is 125 cm³/mol. The number of aryl methyl sites for hydroxylation is 1. The summed E-state index contributed by atoms with van der Waals surface area (Å²) in [5.74, 6) is -2.49. The highest BCUT2D eigenvalue weighted by atomic mass is 35.5. The van der Waals surface area contributed by atoms with Gasteiger partial charge in [0.1, 0.15) is 6.04 Å². The normalized spacial score (nSPS) is 12.5. The first kappa shape index (κ1) is 25.1. The molecule has 3 N–H and O–H groups in total. The number of fused-ring (bicyclic) bond motifs is 1. The molecule has 0 saturated carbocycles. The molecule has 0 spiro atoms. The van der Waals surface area contributed by atoms with Gasteiger partial charge in [0, 0.05) is 29.6 Å². The third-order valence-corrected chi connectivity index (χ3v) is 5.79. The van der Waals surface area contributed by atoms with Crippen LogP contribution in [0.25, 0.3) is 16.6 Å². The van der Waals surface area contributed by atoms with Crippen molar-refractivity contribution in [1.29, 1.82) is 0 Å². The van der Waals surface area contributed by atoms with Crippen LogP contribution in [0.2, 0.25) is 5.02 Å². The van der Waals surface area contributed by atoms with Crippen molar-refractivity contribution in [3.8, 4) is 11.6 Å². The summed E-state index contributed by atoms with van der Waals surface area (Å²) in [5.41, 5.74) is 1.41. The number of carbonyl (C=O) groups is 2. The van der Waals surface area contributed by atoms with Crippen LogP contribution in [-0.2, 0) is 22.2 Å². The minimum Gasteiger partial charge on any atom is -0.480 e. The lowest BCUT2D eigenvalue weighted by Gasteiger charge is -2.15. The van der Waals surface area contributed by atoms with Gasteiger partial charge in [-0.25, -0.2) is 4.79 Å². The average molecular weight is 521 g/mol. The Morgan fingerprint density at radius 1 is 1.22 bits per heavy atom. The first-order valence-corrected chi connectivity index (χ1v) is 11.0. The Labute approximate surface area is 207 Å². The van der Waals surface area contributed by atoms with Crippen molar-refractivity contribution in [1.82, 2.24) is 20.1 Å². The number of para-hydroxylation sites is 2. The number of carboxylic acids is 1. The lowest BCUT2D eigenvalue weighted by molar-refractivity contribution is -0.142. The van der Waals surface area contributed by atoms with Crippen LogP contribution in [0, 0.1) is 6.92 Å². The number of aromatic nitrogens is 3. The highest BCUT2D eigenvalue weighted by Gasteiger charge is 2.36. The lowest BCUT2D eigenvalue weighted by Crippen LogP contribution is -2.44. The summed E-state index contributed by atoms with van der Waals surface area (Å²) in [7, 11) is 0. The number of alkyl halides is 3. The number of nitrogens with zero attached hydrogens (tertiary/aromatic N) is 2. The molecule has 2 aromatic heterocycles. The fourth-order valence-electron chi connectivity index (χ4n) is 3.73. The van der Waals surface area contributed by atoms with Crippen molar-refractivity contribution < 1.29 is 32.6 Å². The van der Waals surface area contributed by atoms with Crippen LogP contribution in [0.5, 0.6) is 5.88 Å². The van der Waals surface area contributed by atoms with Gasteiger partial charge in [-0.3, -0.25) is 4.79 Å². The van der Waals surface area contributed by atoms with Gasteiger partial charge in [-0.2, -0.15) is 23.0 Å². The number of H-pyrrole nitrogens is 1. The molecule has 0 saturated heterocycles. The van der Waals surface area contributed by atoms with Crippen LogP contribution in [-0.4, -0.2) is 44.4 Å². The quantitative estimate of drug-likeness (QED) is 0.316. The molecule has 2 aromatic carbocycles. The SMILES string of the molecule is Cc1cccc2c(CC(NC(=O)COc3cc(C(F)(F)F)nn3-c3ccccc3Cl)C(=O)O)c[nH]c12. The molecule has 12 heteroatoms. The van der Waals surface area contributed by atoms with Gasteiger partial charge in [0.05, 0.1) is 10.7 Å². The summed E-state index contributed by atoms with van der Waals surface area (Å²) >= 11 is 6.09.